The number of hydrogen-bond acceptors (Lipinski definition) is 16. The zero-order chi connectivity index (χ0) is 38.8. The van der Waals surface area contributed by atoms with Gasteiger partial charge in [-0.25, -0.2) is 28.8 Å². The third-order valence-electron chi connectivity index (χ3n) is 5.95. The van der Waals surface area contributed by atoms with Gasteiger partial charge in [-0.2, -0.15) is 0 Å². The number of terminal acetylenes is 1. The summed E-state index contributed by atoms with van der Waals surface area (Å²) in [6, 6.07) is 0. The molecule has 0 radical (unpaired) electrons. The van der Waals surface area contributed by atoms with E-state index < -0.39 is 54.1 Å². The summed E-state index contributed by atoms with van der Waals surface area (Å²) >= 11 is 0. The van der Waals surface area contributed by atoms with Crippen LogP contribution in [-0.2, 0) is 62.0 Å². The van der Waals surface area contributed by atoms with E-state index in [-0.39, 0.29) is 51.3 Å². The molecule has 2 aliphatic rings. The first-order chi connectivity index (χ1) is 24.0. The van der Waals surface area contributed by atoms with Gasteiger partial charge in [0.1, 0.15) is 31.7 Å². The van der Waals surface area contributed by atoms with E-state index in [2.05, 4.69) is 41.8 Å². The first kappa shape index (κ1) is 45.9. The van der Waals surface area contributed by atoms with Crippen molar-refractivity contribution in [3.05, 3.63) is 48.6 Å². The Hall–Kier alpha value is -5.11. The van der Waals surface area contributed by atoms with E-state index >= 15 is 0 Å². The first-order valence-electron chi connectivity index (χ1n) is 15.8. The molecule has 0 aromatic rings. The summed E-state index contributed by atoms with van der Waals surface area (Å²) in [5, 5.41) is 26.5. The summed E-state index contributed by atoms with van der Waals surface area (Å²) < 4.78 is 28.1. The van der Waals surface area contributed by atoms with Crippen LogP contribution in [0.4, 0.5) is 0 Å². The molecule has 0 aromatic heterocycles. The number of carbonyl (C=O) groups excluding carboxylic acids is 7. The highest BCUT2D eigenvalue weighted by Gasteiger charge is 2.37. The molecular weight excluding hydrogens is 676 g/mol. The second-order valence-corrected chi connectivity index (χ2v) is 11.1. The number of Topliss-reactive ketones (excluding diaryl/α,β-unsaturated/α-hetero) is 1. The van der Waals surface area contributed by atoms with Crippen molar-refractivity contribution >= 4 is 41.6 Å². The second-order valence-electron chi connectivity index (χ2n) is 11.1. The monoisotopic (exact) mass is 722 g/mol. The Morgan fingerprint density at radius 2 is 1.08 bits per heavy atom. The number of fused-ring (bicyclic) bond motifs is 2. The van der Waals surface area contributed by atoms with Crippen LogP contribution in [0.3, 0.4) is 0 Å². The minimum atomic E-state index is -0.755. The van der Waals surface area contributed by atoms with Gasteiger partial charge in [0, 0.05) is 48.8 Å². The van der Waals surface area contributed by atoms with Crippen molar-refractivity contribution in [1.29, 1.82) is 0 Å². The summed E-state index contributed by atoms with van der Waals surface area (Å²) in [5.74, 6) is -1.23. The van der Waals surface area contributed by atoms with Gasteiger partial charge in [-0.3, -0.25) is 4.79 Å². The van der Waals surface area contributed by atoms with Crippen molar-refractivity contribution in [3.8, 4) is 12.3 Å². The van der Waals surface area contributed by atoms with Gasteiger partial charge < -0.3 is 43.7 Å². The van der Waals surface area contributed by atoms with Gasteiger partial charge in [-0.15, -0.1) is 6.42 Å². The molecule has 1 saturated carbocycles. The van der Waals surface area contributed by atoms with Crippen molar-refractivity contribution in [3.63, 3.8) is 0 Å². The molecule has 6 atom stereocenters. The summed E-state index contributed by atoms with van der Waals surface area (Å²) in [7, 11) is 0. The van der Waals surface area contributed by atoms with E-state index in [1.54, 1.807) is 0 Å². The molecule has 1 fully saturated rings. The number of carbonyl (C=O) groups is 7. The number of ketones is 1. The molecule has 2 bridgehead atoms. The Morgan fingerprint density at radius 3 is 1.43 bits per heavy atom. The van der Waals surface area contributed by atoms with Crippen LogP contribution in [0.1, 0.15) is 47.0 Å². The summed E-state index contributed by atoms with van der Waals surface area (Å²) in [6.45, 7) is 5.32. The Morgan fingerprint density at radius 1 is 0.667 bits per heavy atom. The second kappa shape index (κ2) is 26.7. The Bertz CT molecular complexity index is 1320. The predicted octanol–water partition coefficient (Wildman–Crippen LogP) is 0.606. The number of rotatable bonds is 17. The van der Waals surface area contributed by atoms with Gasteiger partial charge in [0.15, 0.2) is 6.61 Å². The molecule has 0 aromatic carbocycles. The largest absolute Gasteiger partial charge is 0.462 e. The summed E-state index contributed by atoms with van der Waals surface area (Å²) in [6.07, 6.45) is 14.6. The van der Waals surface area contributed by atoms with Crippen molar-refractivity contribution in [2.24, 2.45) is 11.8 Å². The van der Waals surface area contributed by atoms with Crippen LogP contribution in [0.5, 0.6) is 0 Å². The number of esters is 6. The normalized spacial score (nSPS) is 18.6. The van der Waals surface area contributed by atoms with Gasteiger partial charge in [0.25, 0.3) is 0 Å². The van der Waals surface area contributed by atoms with Crippen LogP contribution in [0.25, 0.3) is 0 Å². The molecule has 282 valence electrons. The van der Waals surface area contributed by atoms with E-state index in [1.165, 1.54) is 27.7 Å². The number of aliphatic hydroxyl groups is 3. The molecule has 16 nitrogen and oxygen atoms in total. The molecule has 0 saturated heterocycles. The zero-order valence-corrected chi connectivity index (χ0v) is 29.0. The van der Waals surface area contributed by atoms with Crippen LogP contribution in [-0.4, -0.2) is 114 Å². The van der Waals surface area contributed by atoms with Gasteiger partial charge in [-0.05, 0) is 46.5 Å². The lowest BCUT2D eigenvalue weighted by molar-refractivity contribution is -0.145. The molecule has 2 aliphatic carbocycles. The predicted molar refractivity (Wildman–Crippen MR) is 177 cm³/mol. The van der Waals surface area contributed by atoms with E-state index in [4.69, 9.17) is 26.5 Å². The van der Waals surface area contributed by atoms with Crippen LogP contribution >= 0.6 is 0 Å². The van der Waals surface area contributed by atoms with Crippen LogP contribution in [0, 0.1) is 24.2 Å². The molecule has 0 aliphatic heterocycles. The van der Waals surface area contributed by atoms with Gasteiger partial charge in [0.2, 0.25) is 0 Å². The molecule has 0 spiro atoms. The molecule has 6 unspecified atom stereocenters. The molecule has 0 heterocycles. The standard InChI is InChI=1S/C14H18O5.C11H16O6.C10H12O5/c1-9(15)8-18-13(16)4-5-14(17)19-12-7-10-2-3-11(12)6-10;1-8(12)5-6-16-10(14)3-4-11(15)17-7-9(2)13;1-3-6-14-9(12)4-5-10(13)15-7-8(2)11/h2-5,9-12,15H,6-8H2,1H3;3-4,9,13H,5-7H2,1-2H3;1,4-5,8,11H,6-7H2,2H3/b5-4+;4-3+;5-4+. The lowest BCUT2D eigenvalue weighted by atomic mass is 10.0. The minimum Gasteiger partial charge on any atom is -0.462 e. The maximum absolute atomic E-state index is 11.5. The lowest BCUT2D eigenvalue weighted by Crippen LogP contribution is -2.21. The highest BCUT2D eigenvalue weighted by Crippen LogP contribution is 2.40. The fraction of sp³-hybridized carbons (Fsp3) is 0.514. The van der Waals surface area contributed by atoms with E-state index in [0.717, 1.165) is 49.3 Å². The van der Waals surface area contributed by atoms with Crippen LogP contribution < -0.4 is 0 Å². The van der Waals surface area contributed by atoms with E-state index in [1.807, 2.05) is 0 Å². The van der Waals surface area contributed by atoms with Crippen LogP contribution in [0.15, 0.2) is 48.6 Å². The van der Waals surface area contributed by atoms with Gasteiger partial charge in [0.05, 0.1) is 24.9 Å². The third-order valence-corrected chi connectivity index (χ3v) is 5.95. The van der Waals surface area contributed by atoms with Gasteiger partial charge >= 0.3 is 35.8 Å². The Labute approximate surface area is 296 Å². The number of aliphatic hydroxyl groups excluding tert-OH is 3. The Kier molecular flexibility index (Phi) is 24.0. The molecule has 16 heteroatoms. The number of hydrogen-bond donors (Lipinski definition) is 3. The van der Waals surface area contributed by atoms with Gasteiger partial charge in [-0.1, -0.05) is 18.1 Å². The van der Waals surface area contributed by atoms with Crippen molar-refractivity contribution in [2.75, 3.05) is 33.0 Å². The smallest absolute Gasteiger partial charge is 0.331 e. The highest BCUT2D eigenvalue weighted by molar-refractivity contribution is 5.93. The topological polar surface area (TPSA) is 236 Å². The van der Waals surface area contributed by atoms with Crippen molar-refractivity contribution in [1.82, 2.24) is 0 Å². The fourth-order valence-electron chi connectivity index (χ4n) is 3.72. The summed E-state index contributed by atoms with van der Waals surface area (Å²) in [5.41, 5.74) is 0. The average Bonchev–Trinajstić information content (AvgIpc) is 3.69. The van der Waals surface area contributed by atoms with E-state index in [0.29, 0.717) is 11.8 Å². The molecular formula is C35H46O16. The maximum Gasteiger partial charge on any atom is 0.331 e. The summed E-state index contributed by atoms with van der Waals surface area (Å²) in [4.78, 5) is 76.8. The fourth-order valence-corrected chi connectivity index (χ4v) is 3.72. The minimum absolute atomic E-state index is 0.0127. The molecule has 3 N–H and O–H groups in total. The van der Waals surface area contributed by atoms with Crippen molar-refractivity contribution in [2.45, 2.75) is 71.4 Å². The number of allylic oxidation sites excluding steroid dienone is 1. The molecule has 0 amide bonds. The zero-order valence-electron chi connectivity index (χ0n) is 29.0. The quantitative estimate of drug-likeness (QED) is 0.0613. The van der Waals surface area contributed by atoms with E-state index in [9.17, 15) is 33.6 Å². The highest BCUT2D eigenvalue weighted by atomic mass is 16.6. The van der Waals surface area contributed by atoms with Crippen LogP contribution in [0.2, 0.25) is 0 Å². The van der Waals surface area contributed by atoms with Crippen molar-refractivity contribution < 1.29 is 77.3 Å². The maximum atomic E-state index is 11.5. The molecule has 51 heavy (non-hydrogen) atoms. The molecule has 2 rings (SSSR count). The Balaban J connectivity index is 0.000000742. The SMILES string of the molecule is C#CCOC(=O)/C=C/C(=O)OCC(C)O.CC(=O)CCOC(=O)/C=C/C(=O)OCC(C)O.CC(O)COC(=O)/C=C/C(=O)OC1CC2C=CC1C2. The average molecular weight is 723 g/mol. The first-order valence-corrected chi connectivity index (χ1v) is 15.8. The lowest BCUT2D eigenvalue weighted by Gasteiger charge is -2.17. The number of ether oxygens (including phenoxy) is 6. The third kappa shape index (κ3) is 26.4.